The molecule has 0 N–H and O–H groups in total. The van der Waals surface area contributed by atoms with Crippen molar-refractivity contribution >= 4 is 36.6 Å². The monoisotopic (exact) mass is 404 g/mol. The first-order valence-electron chi connectivity index (χ1n) is 8.32. The number of allylic oxidation sites excluding steroid dienone is 1. The van der Waals surface area contributed by atoms with Gasteiger partial charge in [-0.05, 0) is 60.9 Å². The highest BCUT2D eigenvalue weighted by Gasteiger charge is 2.15. The number of furan rings is 1. The van der Waals surface area contributed by atoms with Gasteiger partial charge in [-0.3, -0.25) is 9.98 Å². The third-order valence-electron chi connectivity index (χ3n) is 4.20. The van der Waals surface area contributed by atoms with Crippen molar-refractivity contribution in [2.24, 2.45) is 4.99 Å². The van der Waals surface area contributed by atoms with Gasteiger partial charge in [-0.25, -0.2) is 4.39 Å². The normalized spacial score (nSPS) is 14.9. The maximum absolute atomic E-state index is 13.9. The number of aromatic nitrogens is 1. The minimum Gasteiger partial charge on any atom is -0.457 e. The van der Waals surface area contributed by atoms with Crippen LogP contribution in [0, 0.1) is 5.82 Å². The van der Waals surface area contributed by atoms with Crippen molar-refractivity contribution in [2.45, 2.75) is 12.8 Å². The third kappa shape index (κ3) is 4.65. The maximum Gasteiger partial charge on any atom is 0.137 e. The van der Waals surface area contributed by atoms with Crippen LogP contribution in [0.25, 0.3) is 17.4 Å². The molecule has 0 saturated heterocycles. The van der Waals surface area contributed by atoms with Crippen molar-refractivity contribution in [3.63, 3.8) is 0 Å². The summed E-state index contributed by atoms with van der Waals surface area (Å²) in [6.45, 7) is 0.820. The average molecular weight is 405 g/mol. The van der Waals surface area contributed by atoms with Crippen molar-refractivity contribution in [1.82, 2.24) is 4.98 Å². The average Bonchev–Trinajstić information content (AvgIpc) is 3.11. The summed E-state index contributed by atoms with van der Waals surface area (Å²) in [7, 11) is 0. The van der Waals surface area contributed by atoms with Gasteiger partial charge < -0.3 is 4.42 Å². The highest BCUT2D eigenvalue weighted by atomic mass is 35.5. The highest BCUT2D eigenvalue weighted by Crippen LogP contribution is 2.27. The van der Waals surface area contributed by atoms with Crippen LogP contribution in [0.5, 0.6) is 0 Å². The van der Waals surface area contributed by atoms with Crippen LogP contribution in [-0.2, 0) is 0 Å². The maximum atomic E-state index is 13.9. The fourth-order valence-corrected chi connectivity index (χ4v) is 3.01. The molecule has 2 aromatic heterocycles. The van der Waals surface area contributed by atoms with E-state index in [1.54, 1.807) is 30.5 Å². The zero-order valence-electron chi connectivity index (χ0n) is 14.5. The lowest BCUT2D eigenvalue weighted by Gasteiger charge is -2.15. The second-order valence-electron chi connectivity index (χ2n) is 5.93. The van der Waals surface area contributed by atoms with E-state index in [0.717, 1.165) is 36.2 Å². The van der Waals surface area contributed by atoms with Crippen molar-refractivity contribution in [3.8, 4) is 11.3 Å². The van der Waals surface area contributed by atoms with E-state index < -0.39 is 0 Å². The summed E-state index contributed by atoms with van der Waals surface area (Å²) in [5, 5.41) is 0. The van der Waals surface area contributed by atoms with Crippen molar-refractivity contribution in [2.75, 3.05) is 6.54 Å². The molecule has 0 spiro atoms. The Morgan fingerprint density at radius 3 is 2.63 bits per heavy atom. The summed E-state index contributed by atoms with van der Waals surface area (Å²) in [6.07, 6.45) is 7.52. The van der Waals surface area contributed by atoms with Crippen molar-refractivity contribution < 1.29 is 8.81 Å². The predicted molar refractivity (Wildman–Crippen MR) is 111 cm³/mol. The van der Waals surface area contributed by atoms with Gasteiger partial charge in [0.05, 0.1) is 11.3 Å². The first-order chi connectivity index (χ1) is 12.3. The van der Waals surface area contributed by atoms with Gasteiger partial charge in [0.25, 0.3) is 0 Å². The molecule has 3 nitrogen and oxygen atoms in total. The quantitative estimate of drug-likeness (QED) is 0.537. The van der Waals surface area contributed by atoms with Gasteiger partial charge in [0.1, 0.15) is 17.3 Å². The molecular formula is C21H19Cl2FN2O. The second-order valence-corrected chi connectivity index (χ2v) is 5.93. The molecule has 140 valence electrons. The minimum absolute atomic E-state index is 0. The Hall–Kier alpha value is -2.43. The molecule has 0 aliphatic carbocycles. The number of halogens is 3. The van der Waals surface area contributed by atoms with Crippen LogP contribution in [-0.4, -0.2) is 17.2 Å². The Labute approximate surface area is 169 Å². The van der Waals surface area contributed by atoms with E-state index in [1.165, 1.54) is 6.07 Å². The largest absolute Gasteiger partial charge is 0.457 e. The lowest BCUT2D eigenvalue weighted by Crippen LogP contribution is -2.11. The summed E-state index contributed by atoms with van der Waals surface area (Å²) < 4.78 is 19.8. The molecule has 6 heteroatoms. The number of hydrogen-bond donors (Lipinski definition) is 0. The first-order valence-corrected chi connectivity index (χ1v) is 8.32. The number of benzene rings is 1. The van der Waals surface area contributed by atoms with Crippen molar-refractivity contribution in [3.05, 3.63) is 83.6 Å². The molecule has 3 heterocycles. The van der Waals surface area contributed by atoms with Crippen LogP contribution in [0.1, 0.15) is 24.2 Å². The number of nitrogens with zero attached hydrogens (tertiary/aromatic N) is 2. The molecule has 0 unspecified atom stereocenters. The van der Waals surface area contributed by atoms with E-state index >= 15 is 0 Å². The molecule has 3 aromatic rings. The summed E-state index contributed by atoms with van der Waals surface area (Å²) in [5.74, 6) is 0.943. The van der Waals surface area contributed by atoms with E-state index in [2.05, 4.69) is 9.98 Å². The molecule has 1 aliphatic heterocycles. The zero-order valence-corrected chi connectivity index (χ0v) is 16.1. The number of aliphatic imine (C=N–C) groups is 1. The van der Waals surface area contributed by atoms with E-state index in [4.69, 9.17) is 4.42 Å². The number of rotatable bonds is 3. The Morgan fingerprint density at radius 1 is 1.00 bits per heavy atom. The van der Waals surface area contributed by atoms with Gasteiger partial charge >= 0.3 is 0 Å². The van der Waals surface area contributed by atoms with E-state index in [9.17, 15) is 4.39 Å². The van der Waals surface area contributed by atoms with Gasteiger partial charge in [0.2, 0.25) is 0 Å². The molecule has 0 fully saturated rings. The molecule has 1 aromatic carbocycles. The van der Waals surface area contributed by atoms with Crippen LogP contribution < -0.4 is 0 Å². The molecule has 0 atom stereocenters. The third-order valence-corrected chi connectivity index (χ3v) is 4.20. The number of pyridine rings is 1. The minimum atomic E-state index is -0.286. The second kappa shape index (κ2) is 9.49. The van der Waals surface area contributed by atoms with Crippen molar-refractivity contribution in [1.29, 1.82) is 0 Å². The smallest absolute Gasteiger partial charge is 0.137 e. The SMILES string of the molecule is Cl.Cl.Fc1ccccc1-c1ccc(/C=C2/CCCN=C2c2cccnc2)o1. The van der Waals surface area contributed by atoms with Gasteiger partial charge in [-0.15, -0.1) is 24.8 Å². The van der Waals surface area contributed by atoms with Gasteiger partial charge in [-0.2, -0.15) is 0 Å². The Morgan fingerprint density at radius 2 is 1.85 bits per heavy atom. The lowest BCUT2D eigenvalue weighted by atomic mass is 9.96. The number of hydrogen-bond acceptors (Lipinski definition) is 3. The summed E-state index contributed by atoms with van der Waals surface area (Å²) >= 11 is 0. The van der Waals surface area contributed by atoms with E-state index in [-0.39, 0.29) is 30.6 Å². The van der Waals surface area contributed by atoms with Crippen LogP contribution in [0.15, 0.2) is 75.9 Å². The van der Waals surface area contributed by atoms with Gasteiger partial charge in [0, 0.05) is 24.5 Å². The molecular weight excluding hydrogens is 386 g/mol. The molecule has 0 radical (unpaired) electrons. The van der Waals surface area contributed by atoms with E-state index in [0.29, 0.717) is 17.1 Å². The fourth-order valence-electron chi connectivity index (χ4n) is 3.01. The molecule has 0 saturated carbocycles. The lowest BCUT2D eigenvalue weighted by molar-refractivity contribution is 0.560. The highest BCUT2D eigenvalue weighted by molar-refractivity contribution is 6.15. The predicted octanol–water partition coefficient (Wildman–Crippen LogP) is 5.99. The molecule has 1 aliphatic rings. The summed E-state index contributed by atoms with van der Waals surface area (Å²) in [5.41, 5.74) is 3.56. The Bertz CT molecular complexity index is 952. The van der Waals surface area contributed by atoms with E-state index in [1.807, 2.05) is 30.5 Å². The van der Waals surface area contributed by atoms with Crippen LogP contribution >= 0.6 is 24.8 Å². The van der Waals surface area contributed by atoms with Gasteiger partial charge in [0.15, 0.2) is 0 Å². The van der Waals surface area contributed by atoms with Gasteiger partial charge in [-0.1, -0.05) is 12.1 Å². The molecule has 0 amide bonds. The summed E-state index contributed by atoms with van der Waals surface area (Å²) in [6, 6.07) is 14.2. The Balaban J connectivity index is 0.00000131. The molecule has 27 heavy (non-hydrogen) atoms. The summed E-state index contributed by atoms with van der Waals surface area (Å²) in [4.78, 5) is 8.84. The topological polar surface area (TPSA) is 38.4 Å². The zero-order chi connectivity index (χ0) is 17.1. The molecule has 4 rings (SSSR count). The van der Waals surface area contributed by atoms with Crippen LogP contribution in [0.3, 0.4) is 0 Å². The fraction of sp³-hybridized carbons (Fsp3) is 0.143. The van der Waals surface area contributed by atoms with Crippen LogP contribution in [0.4, 0.5) is 4.39 Å². The van der Waals surface area contributed by atoms with Crippen LogP contribution in [0.2, 0.25) is 0 Å². The standard InChI is InChI=1S/C21H17FN2O.2ClH/c22-19-8-2-1-7-18(19)20-10-9-17(25-20)13-15-5-4-12-24-21(15)16-6-3-11-23-14-16;;/h1-3,6-11,13-14H,4-5,12H2;2*1H/b15-13-;;. The first kappa shape index (κ1) is 20.9. The molecule has 0 bridgehead atoms. The Kier molecular flexibility index (Phi) is 7.34.